The van der Waals surface area contributed by atoms with E-state index in [9.17, 15) is 9.90 Å². The van der Waals surface area contributed by atoms with Crippen LogP contribution >= 0.6 is 11.3 Å². The summed E-state index contributed by atoms with van der Waals surface area (Å²) in [6.07, 6.45) is 1.40. The molecule has 0 atom stereocenters. The number of hydrogen-bond donors (Lipinski definition) is 3. The van der Waals surface area contributed by atoms with E-state index in [2.05, 4.69) is 15.0 Å². The number of nitrogens with one attached hydrogen (secondary N) is 1. The van der Waals surface area contributed by atoms with E-state index >= 15 is 0 Å². The van der Waals surface area contributed by atoms with Gasteiger partial charge in [0.15, 0.2) is 0 Å². The zero-order valence-corrected chi connectivity index (χ0v) is 13.6. The van der Waals surface area contributed by atoms with Gasteiger partial charge >= 0.3 is 0 Å². The lowest BCUT2D eigenvalue weighted by atomic mass is 9.93. The Morgan fingerprint density at radius 1 is 1.48 bits per heavy atom. The van der Waals surface area contributed by atoms with Crippen molar-refractivity contribution < 1.29 is 19.7 Å². The Balaban J connectivity index is 0.000000270. The molecule has 6 nitrogen and oxygen atoms in total. The molecule has 7 heteroatoms. The third-order valence-corrected chi connectivity index (χ3v) is 4.03. The molecule has 1 saturated heterocycles. The molecule has 2 heterocycles. The fraction of sp³-hybridized carbons (Fsp3) is 0.714. The third kappa shape index (κ3) is 6.09. The second-order valence-electron chi connectivity index (χ2n) is 5.91. The number of rotatable bonds is 3. The molecular formula is C14H24N2O4S. The average Bonchev–Trinajstić information content (AvgIpc) is 2.88. The van der Waals surface area contributed by atoms with E-state index in [1.54, 1.807) is 5.38 Å². The Kier molecular flexibility index (Phi) is 6.73. The van der Waals surface area contributed by atoms with Gasteiger partial charge in [0.05, 0.1) is 12.3 Å². The van der Waals surface area contributed by atoms with E-state index in [-0.39, 0.29) is 12.2 Å². The van der Waals surface area contributed by atoms with Crippen LogP contribution in [0.15, 0.2) is 5.38 Å². The first kappa shape index (κ1) is 18.0. The summed E-state index contributed by atoms with van der Waals surface area (Å²) in [4.78, 5) is 13.8. The van der Waals surface area contributed by atoms with Crippen molar-refractivity contribution in [2.24, 2.45) is 0 Å². The minimum atomic E-state index is -0.774. The number of carbonyl (C=O) groups is 1. The minimum Gasteiger partial charge on any atom is -0.462 e. The van der Waals surface area contributed by atoms with Crippen LogP contribution in [-0.2, 0) is 21.7 Å². The van der Waals surface area contributed by atoms with Crippen molar-refractivity contribution in [2.45, 2.75) is 51.4 Å². The van der Waals surface area contributed by atoms with Crippen LogP contribution in [-0.4, -0.2) is 40.4 Å². The van der Waals surface area contributed by atoms with Crippen LogP contribution in [0, 0.1) is 0 Å². The maximum Gasteiger partial charge on any atom is 0.293 e. The second-order valence-corrected chi connectivity index (χ2v) is 6.77. The highest BCUT2D eigenvalue weighted by Gasteiger charge is 2.33. The number of aliphatic hydroxyl groups is 2. The molecule has 0 spiro atoms. The Morgan fingerprint density at radius 3 is 2.48 bits per heavy atom. The Bertz CT molecular complexity index is 436. The molecule has 0 amide bonds. The lowest BCUT2D eigenvalue weighted by Crippen LogP contribution is -2.39. The van der Waals surface area contributed by atoms with Crippen LogP contribution in [0.4, 0.5) is 0 Å². The summed E-state index contributed by atoms with van der Waals surface area (Å²) in [7, 11) is 0. The SMILES string of the molecule is CC(C)(C)OC=O.OCc1csc(C2(O)CCNCC2)n1. The number of piperidine rings is 1. The molecule has 0 saturated carbocycles. The first-order valence-corrected chi connectivity index (χ1v) is 7.79. The third-order valence-electron chi connectivity index (χ3n) is 2.94. The van der Waals surface area contributed by atoms with Crippen molar-refractivity contribution >= 4 is 17.8 Å². The van der Waals surface area contributed by atoms with Gasteiger partial charge in [-0.2, -0.15) is 0 Å². The van der Waals surface area contributed by atoms with Gasteiger partial charge in [0.2, 0.25) is 0 Å². The predicted molar refractivity (Wildman–Crippen MR) is 80.9 cm³/mol. The zero-order valence-electron chi connectivity index (χ0n) is 12.8. The summed E-state index contributed by atoms with van der Waals surface area (Å²) < 4.78 is 4.55. The number of aromatic nitrogens is 1. The lowest BCUT2D eigenvalue weighted by molar-refractivity contribution is -0.138. The monoisotopic (exact) mass is 316 g/mol. The molecular weight excluding hydrogens is 292 g/mol. The van der Waals surface area contributed by atoms with Crippen molar-refractivity contribution in [1.82, 2.24) is 10.3 Å². The van der Waals surface area contributed by atoms with E-state index < -0.39 is 5.60 Å². The number of hydrogen-bond acceptors (Lipinski definition) is 7. The summed E-state index contributed by atoms with van der Waals surface area (Å²) in [5.74, 6) is 0. The number of ether oxygens (including phenoxy) is 1. The van der Waals surface area contributed by atoms with Gasteiger partial charge in [-0.3, -0.25) is 4.79 Å². The van der Waals surface area contributed by atoms with E-state index in [0.29, 0.717) is 25.0 Å². The normalized spacial score (nSPS) is 17.6. The van der Waals surface area contributed by atoms with Gasteiger partial charge in [-0.1, -0.05) is 0 Å². The molecule has 0 unspecified atom stereocenters. The van der Waals surface area contributed by atoms with Gasteiger partial charge in [0.1, 0.15) is 16.2 Å². The van der Waals surface area contributed by atoms with Crippen molar-refractivity contribution in [1.29, 1.82) is 0 Å². The quantitative estimate of drug-likeness (QED) is 0.725. The van der Waals surface area contributed by atoms with E-state index in [1.165, 1.54) is 11.3 Å². The Hall–Kier alpha value is -1.02. The molecule has 1 aliphatic rings. The standard InChI is InChI=1S/C9H14N2O2S.C5H10O2/c12-5-7-6-14-8(11-7)9(13)1-3-10-4-2-9;1-5(2,3)7-4-6/h6,10,12-13H,1-5H2;4H,1-3H3. The summed E-state index contributed by atoms with van der Waals surface area (Å²) >= 11 is 1.43. The number of aliphatic hydroxyl groups excluding tert-OH is 1. The second kappa shape index (κ2) is 7.84. The van der Waals surface area contributed by atoms with E-state index in [1.807, 2.05) is 20.8 Å². The fourth-order valence-corrected chi connectivity index (χ4v) is 2.76. The lowest BCUT2D eigenvalue weighted by Gasteiger charge is -2.30. The molecule has 1 aromatic rings. The zero-order chi connectivity index (χ0) is 15.9. The maximum atomic E-state index is 10.3. The Morgan fingerprint density at radius 2 is 2.10 bits per heavy atom. The van der Waals surface area contributed by atoms with Crippen molar-refractivity contribution in [3.05, 3.63) is 16.1 Å². The van der Waals surface area contributed by atoms with Gasteiger partial charge in [0, 0.05) is 5.38 Å². The fourth-order valence-electron chi connectivity index (χ4n) is 1.79. The molecule has 1 aromatic heterocycles. The van der Waals surface area contributed by atoms with Crippen LogP contribution in [0.1, 0.15) is 44.3 Å². The molecule has 21 heavy (non-hydrogen) atoms. The highest BCUT2D eigenvalue weighted by Crippen LogP contribution is 2.32. The van der Waals surface area contributed by atoms with Gasteiger partial charge in [-0.05, 0) is 46.7 Å². The smallest absolute Gasteiger partial charge is 0.293 e. The Labute approximate surface area is 129 Å². The molecule has 120 valence electrons. The highest BCUT2D eigenvalue weighted by atomic mass is 32.1. The van der Waals surface area contributed by atoms with Gasteiger partial charge in [0.25, 0.3) is 6.47 Å². The van der Waals surface area contributed by atoms with Crippen molar-refractivity contribution in [3.63, 3.8) is 0 Å². The average molecular weight is 316 g/mol. The molecule has 0 radical (unpaired) electrons. The van der Waals surface area contributed by atoms with E-state index in [4.69, 9.17) is 5.11 Å². The van der Waals surface area contributed by atoms with Crippen molar-refractivity contribution in [3.8, 4) is 0 Å². The molecule has 1 aliphatic heterocycles. The van der Waals surface area contributed by atoms with Crippen LogP contribution in [0.3, 0.4) is 0 Å². The largest absolute Gasteiger partial charge is 0.462 e. The predicted octanol–water partition coefficient (Wildman–Crippen LogP) is 1.16. The molecule has 2 rings (SSSR count). The highest BCUT2D eigenvalue weighted by molar-refractivity contribution is 7.09. The minimum absolute atomic E-state index is 0.0508. The van der Waals surface area contributed by atoms with Crippen LogP contribution < -0.4 is 5.32 Å². The summed E-state index contributed by atoms with van der Waals surface area (Å²) in [6.45, 7) is 7.52. The molecule has 1 fully saturated rings. The van der Waals surface area contributed by atoms with Crippen LogP contribution in [0.5, 0.6) is 0 Å². The topological polar surface area (TPSA) is 91.7 Å². The van der Waals surface area contributed by atoms with Gasteiger partial charge in [-0.25, -0.2) is 4.98 Å². The maximum absolute atomic E-state index is 10.3. The van der Waals surface area contributed by atoms with E-state index in [0.717, 1.165) is 18.1 Å². The summed E-state index contributed by atoms with van der Waals surface area (Å²) in [5, 5.41) is 24.9. The molecule has 0 aromatic carbocycles. The molecule has 0 aliphatic carbocycles. The summed E-state index contributed by atoms with van der Waals surface area (Å²) in [6, 6.07) is 0. The van der Waals surface area contributed by atoms with Crippen LogP contribution in [0.25, 0.3) is 0 Å². The molecule has 3 N–H and O–H groups in total. The molecule has 0 bridgehead atoms. The van der Waals surface area contributed by atoms with Gasteiger partial charge < -0.3 is 20.3 Å². The first-order chi connectivity index (χ1) is 9.80. The first-order valence-electron chi connectivity index (χ1n) is 6.91. The van der Waals surface area contributed by atoms with Gasteiger partial charge in [-0.15, -0.1) is 11.3 Å². The van der Waals surface area contributed by atoms with Crippen LogP contribution in [0.2, 0.25) is 0 Å². The number of nitrogens with zero attached hydrogens (tertiary/aromatic N) is 1. The summed E-state index contributed by atoms with van der Waals surface area (Å²) in [5.41, 5.74) is -0.442. The van der Waals surface area contributed by atoms with Crippen molar-refractivity contribution in [2.75, 3.05) is 13.1 Å². The number of thiazole rings is 1. The number of carbonyl (C=O) groups excluding carboxylic acids is 1.